The van der Waals surface area contributed by atoms with Gasteiger partial charge in [-0.15, -0.1) is 0 Å². The fourth-order valence-electron chi connectivity index (χ4n) is 3.46. The first kappa shape index (κ1) is 13.6. The lowest BCUT2D eigenvalue weighted by atomic mass is 9.98. The van der Waals surface area contributed by atoms with Crippen LogP contribution in [0.5, 0.6) is 0 Å². The highest BCUT2D eigenvalue weighted by molar-refractivity contribution is 6.05. The Morgan fingerprint density at radius 1 is 1.25 bits per heavy atom. The second kappa shape index (κ2) is 5.54. The van der Waals surface area contributed by atoms with Crippen LogP contribution in [0.2, 0.25) is 0 Å². The number of nitrogens with zero attached hydrogens (tertiary/aromatic N) is 2. The minimum Gasteiger partial charge on any atom is -0.396 e. The first-order chi connectivity index (χ1) is 9.72. The molecule has 3 rings (SSSR count). The lowest BCUT2D eigenvalue weighted by Gasteiger charge is -2.35. The van der Waals surface area contributed by atoms with E-state index in [0.717, 1.165) is 37.2 Å². The molecule has 2 aliphatic heterocycles. The standard InChI is InChI=1S/C16H22N2O2/c1-17-9-6-12(7-10-17)18-15-5-3-2-4-13(15)14(8-11-19)16(18)20/h2-5,12,14,19H,6-11H2,1H3. The van der Waals surface area contributed by atoms with Crippen molar-refractivity contribution < 1.29 is 9.90 Å². The molecule has 1 amide bonds. The van der Waals surface area contributed by atoms with E-state index in [0.29, 0.717) is 12.5 Å². The van der Waals surface area contributed by atoms with Crippen molar-refractivity contribution in [2.45, 2.75) is 31.2 Å². The average Bonchev–Trinajstić information content (AvgIpc) is 2.74. The number of carbonyl (C=O) groups is 1. The molecule has 1 N–H and O–H groups in total. The average molecular weight is 274 g/mol. The minimum absolute atomic E-state index is 0.0615. The Bertz CT molecular complexity index is 495. The van der Waals surface area contributed by atoms with Crippen molar-refractivity contribution in [3.63, 3.8) is 0 Å². The third-order valence-electron chi connectivity index (χ3n) is 4.58. The number of piperidine rings is 1. The van der Waals surface area contributed by atoms with Gasteiger partial charge in [0.1, 0.15) is 0 Å². The zero-order chi connectivity index (χ0) is 14.1. The summed E-state index contributed by atoms with van der Waals surface area (Å²) in [5.74, 6) is 0.0191. The van der Waals surface area contributed by atoms with Crippen molar-refractivity contribution in [3.8, 4) is 0 Å². The Kier molecular flexibility index (Phi) is 3.76. The zero-order valence-corrected chi connectivity index (χ0v) is 12.0. The maximum absolute atomic E-state index is 12.7. The van der Waals surface area contributed by atoms with E-state index in [9.17, 15) is 9.90 Å². The molecule has 108 valence electrons. The molecule has 1 aromatic rings. The molecule has 4 heteroatoms. The molecular formula is C16H22N2O2. The SMILES string of the molecule is CN1CCC(N2C(=O)C(CCO)c3ccccc32)CC1. The number of hydrogen-bond acceptors (Lipinski definition) is 3. The summed E-state index contributed by atoms with van der Waals surface area (Å²) in [5, 5.41) is 9.22. The largest absolute Gasteiger partial charge is 0.396 e. The number of likely N-dealkylation sites (tertiary alicyclic amines) is 1. The number of rotatable bonds is 3. The van der Waals surface area contributed by atoms with Gasteiger partial charge in [0, 0.05) is 18.3 Å². The molecule has 0 radical (unpaired) electrons. The van der Waals surface area contributed by atoms with Crippen molar-refractivity contribution in [3.05, 3.63) is 29.8 Å². The van der Waals surface area contributed by atoms with Gasteiger partial charge in [-0.3, -0.25) is 4.79 Å². The summed E-state index contributed by atoms with van der Waals surface area (Å²) < 4.78 is 0. The van der Waals surface area contributed by atoms with Crippen LogP contribution >= 0.6 is 0 Å². The summed E-state index contributed by atoms with van der Waals surface area (Å²) in [7, 11) is 2.13. The molecule has 0 bridgehead atoms. The molecular weight excluding hydrogens is 252 g/mol. The van der Waals surface area contributed by atoms with Gasteiger partial charge >= 0.3 is 0 Å². The molecule has 0 aliphatic carbocycles. The predicted octanol–water partition coefficient (Wildman–Crippen LogP) is 1.59. The molecule has 0 aromatic heterocycles. The van der Waals surface area contributed by atoms with Crippen molar-refractivity contribution in [1.29, 1.82) is 0 Å². The summed E-state index contributed by atoms with van der Waals surface area (Å²) in [6.45, 7) is 2.15. The highest BCUT2D eigenvalue weighted by Gasteiger charge is 2.40. The molecule has 2 aliphatic rings. The molecule has 1 fully saturated rings. The highest BCUT2D eigenvalue weighted by Crippen LogP contribution is 2.41. The number of aliphatic hydroxyl groups excluding tert-OH is 1. The lowest BCUT2D eigenvalue weighted by Crippen LogP contribution is -2.45. The number of hydrogen-bond donors (Lipinski definition) is 1. The summed E-state index contributed by atoms with van der Waals surface area (Å²) >= 11 is 0. The van der Waals surface area contributed by atoms with Crippen molar-refractivity contribution in [2.75, 3.05) is 31.6 Å². The maximum Gasteiger partial charge on any atom is 0.234 e. The summed E-state index contributed by atoms with van der Waals surface area (Å²) in [5.41, 5.74) is 2.15. The summed E-state index contributed by atoms with van der Waals surface area (Å²) in [6.07, 6.45) is 2.59. The van der Waals surface area contributed by atoms with Crippen LogP contribution in [0.1, 0.15) is 30.7 Å². The van der Waals surface area contributed by atoms with Crippen LogP contribution in [-0.2, 0) is 4.79 Å². The van der Waals surface area contributed by atoms with Crippen LogP contribution in [0.15, 0.2) is 24.3 Å². The Hall–Kier alpha value is -1.39. The van der Waals surface area contributed by atoms with Crippen molar-refractivity contribution in [2.24, 2.45) is 0 Å². The number of amides is 1. The van der Waals surface area contributed by atoms with Gasteiger partial charge in [-0.05, 0) is 51.0 Å². The van der Waals surface area contributed by atoms with E-state index in [1.165, 1.54) is 0 Å². The number of carbonyl (C=O) groups excluding carboxylic acids is 1. The van der Waals surface area contributed by atoms with E-state index in [2.05, 4.69) is 11.9 Å². The number of para-hydroxylation sites is 1. The number of fused-ring (bicyclic) bond motifs is 1. The number of aliphatic hydroxyl groups is 1. The Balaban J connectivity index is 1.89. The fourth-order valence-corrected chi connectivity index (χ4v) is 3.46. The number of anilines is 1. The van der Waals surface area contributed by atoms with Gasteiger partial charge in [0.25, 0.3) is 0 Å². The third-order valence-corrected chi connectivity index (χ3v) is 4.58. The van der Waals surface area contributed by atoms with E-state index in [4.69, 9.17) is 0 Å². The second-order valence-corrected chi connectivity index (χ2v) is 5.87. The van der Waals surface area contributed by atoms with Gasteiger partial charge in [0.2, 0.25) is 5.91 Å². The summed E-state index contributed by atoms with van der Waals surface area (Å²) in [4.78, 5) is 17.1. The van der Waals surface area contributed by atoms with E-state index >= 15 is 0 Å². The molecule has 1 atom stereocenters. The van der Waals surface area contributed by atoms with Crippen molar-refractivity contribution in [1.82, 2.24) is 4.90 Å². The maximum atomic E-state index is 12.7. The highest BCUT2D eigenvalue weighted by atomic mass is 16.3. The predicted molar refractivity (Wildman–Crippen MR) is 78.9 cm³/mol. The summed E-state index contributed by atoms with van der Waals surface area (Å²) in [6, 6.07) is 8.36. The third kappa shape index (κ3) is 2.23. The normalized spacial score (nSPS) is 24.2. The van der Waals surface area contributed by atoms with Gasteiger partial charge < -0.3 is 14.9 Å². The monoisotopic (exact) mass is 274 g/mol. The zero-order valence-electron chi connectivity index (χ0n) is 12.0. The Morgan fingerprint density at radius 3 is 2.65 bits per heavy atom. The Morgan fingerprint density at radius 2 is 1.95 bits per heavy atom. The van der Waals surface area contributed by atoms with Crippen LogP contribution < -0.4 is 4.90 Å². The quantitative estimate of drug-likeness (QED) is 0.910. The van der Waals surface area contributed by atoms with E-state index < -0.39 is 0 Å². The van der Waals surface area contributed by atoms with Crippen molar-refractivity contribution >= 4 is 11.6 Å². The number of benzene rings is 1. The first-order valence-electron chi connectivity index (χ1n) is 7.43. The van der Waals surface area contributed by atoms with Crippen LogP contribution in [0, 0.1) is 0 Å². The second-order valence-electron chi connectivity index (χ2n) is 5.87. The molecule has 4 nitrogen and oxygen atoms in total. The van der Waals surface area contributed by atoms with Gasteiger partial charge in [-0.2, -0.15) is 0 Å². The van der Waals surface area contributed by atoms with E-state index in [1.54, 1.807) is 0 Å². The Labute approximate surface area is 120 Å². The van der Waals surface area contributed by atoms with Crippen LogP contribution in [0.4, 0.5) is 5.69 Å². The molecule has 1 saturated heterocycles. The lowest BCUT2D eigenvalue weighted by molar-refractivity contribution is -0.120. The van der Waals surface area contributed by atoms with Gasteiger partial charge in [0.05, 0.1) is 5.92 Å². The minimum atomic E-state index is -0.157. The van der Waals surface area contributed by atoms with Crippen LogP contribution in [-0.4, -0.2) is 48.7 Å². The fraction of sp³-hybridized carbons (Fsp3) is 0.562. The smallest absolute Gasteiger partial charge is 0.234 e. The molecule has 0 saturated carbocycles. The van der Waals surface area contributed by atoms with Crippen LogP contribution in [0.25, 0.3) is 0 Å². The molecule has 1 aromatic carbocycles. The van der Waals surface area contributed by atoms with Crippen LogP contribution in [0.3, 0.4) is 0 Å². The van der Waals surface area contributed by atoms with Gasteiger partial charge in [0.15, 0.2) is 0 Å². The molecule has 1 unspecified atom stereocenters. The molecule has 2 heterocycles. The van der Waals surface area contributed by atoms with Gasteiger partial charge in [-0.1, -0.05) is 18.2 Å². The van der Waals surface area contributed by atoms with E-state index in [-0.39, 0.29) is 18.4 Å². The topological polar surface area (TPSA) is 43.8 Å². The first-order valence-corrected chi connectivity index (χ1v) is 7.43. The molecule has 20 heavy (non-hydrogen) atoms. The van der Waals surface area contributed by atoms with E-state index in [1.807, 2.05) is 29.2 Å². The van der Waals surface area contributed by atoms with Gasteiger partial charge in [-0.25, -0.2) is 0 Å². The molecule has 0 spiro atoms.